The largest absolute Gasteiger partial charge is 0.398 e. The fraction of sp³-hybridized carbons (Fsp3) is 0.438. The molecule has 2 N–H and O–H groups in total. The zero-order chi connectivity index (χ0) is 14.3. The maximum Gasteiger partial charge on any atom is 0.0900 e. The second-order valence-corrected chi connectivity index (χ2v) is 6.96. The number of rotatable bonds is 2. The van der Waals surface area contributed by atoms with Crippen LogP contribution < -0.4 is 5.73 Å². The molecule has 20 heavy (non-hydrogen) atoms. The maximum absolute atomic E-state index is 6.07. The number of hydrogen-bond acceptors (Lipinski definition) is 4. The molecule has 1 aromatic carbocycles. The first-order chi connectivity index (χ1) is 9.56. The van der Waals surface area contributed by atoms with Crippen LogP contribution in [0.25, 0.3) is 0 Å². The van der Waals surface area contributed by atoms with Crippen LogP contribution in [0.15, 0.2) is 18.2 Å². The summed E-state index contributed by atoms with van der Waals surface area (Å²) in [5.41, 5.74) is 11.0. The highest BCUT2D eigenvalue weighted by Gasteiger charge is 2.25. The summed E-state index contributed by atoms with van der Waals surface area (Å²) in [7, 11) is 0. The van der Waals surface area contributed by atoms with Gasteiger partial charge in [0.2, 0.25) is 0 Å². The lowest BCUT2D eigenvalue weighted by Gasteiger charge is -2.33. The molecule has 1 unspecified atom stereocenters. The molecule has 4 heteroatoms. The summed E-state index contributed by atoms with van der Waals surface area (Å²) >= 11 is 1.79. The molecule has 0 bridgehead atoms. The van der Waals surface area contributed by atoms with Crippen LogP contribution in [0.1, 0.15) is 39.7 Å². The zero-order valence-corrected chi connectivity index (χ0v) is 13.1. The molecular formula is C16H21N3S. The predicted molar refractivity (Wildman–Crippen MR) is 85.0 cm³/mol. The molecule has 2 aromatic rings. The van der Waals surface area contributed by atoms with Gasteiger partial charge in [0.25, 0.3) is 0 Å². The van der Waals surface area contributed by atoms with Gasteiger partial charge in [-0.3, -0.25) is 4.90 Å². The van der Waals surface area contributed by atoms with Crippen LogP contribution in [0.3, 0.4) is 0 Å². The summed E-state index contributed by atoms with van der Waals surface area (Å²) < 4.78 is 0. The van der Waals surface area contributed by atoms with E-state index in [4.69, 9.17) is 10.7 Å². The normalized spacial score (nSPS) is 16.9. The number of aryl methyl sites for hydroxylation is 2. The Morgan fingerprint density at radius 1 is 1.35 bits per heavy atom. The van der Waals surface area contributed by atoms with E-state index in [0.29, 0.717) is 6.04 Å². The van der Waals surface area contributed by atoms with E-state index in [1.807, 2.05) is 6.07 Å². The van der Waals surface area contributed by atoms with Crippen molar-refractivity contribution in [3.05, 3.63) is 44.9 Å². The van der Waals surface area contributed by atoms with E-state index >= 15 is 0 Å². The zero-order valence-electron chi connectivity index (χ0n) is 12.3. The molecule has 0 radical (unpaired) electrons. The third kappa shape index (κ3) is 2.34. The van der Waals surface area contributed by atoms with Crippen LogP contribution in [0.5, 0.6) is 0 Å². The molecule has 0 saturated carbocycles. The predicted octanol–water partition coefficient (Wildman–Crippen LogP) is 3.46. The Hall–Kier alpha value is -1.39. The van der Waals surface area contributed by atoms with Crippen molar-refractivity contribution in [1.29, 1.82) is 0 Å². The molecule has 0 fully saturated rings. The lowest BCUT2D eigenvalue weighted by atomic mass is 9.96. The van der Waals surface area contributed by atoms with Crippen molar-refractivity contribution < 1.29 is 0 Å². The number of nitrogens with zero attached hydrogens (tertiary/aromatic N) is 2. The second kappa shape index (κ2) is 5.19. The van der Waals surface area contributed by atoms with E-state index in [0.717, 1.165) is 30.2 Å². The van der Waals surface area contributed by atoms with Crippen molar-refractivity contribution >= 4 is 17.0 Å². The van der Waals surface area contributed by atoms with Gasteiger partial charge in [-0.05, 0) is 44.4 Å². The number of nitrogen functional groups attached to an aromatic ring is 1. The summed E-state index contributed by atoms with van der Waals surface area (Å²) in [5, 5.41) is 1.16. The number of anilines is 1. The van der Waals surface area contributed by atoms with Crippen LogP contribution >= 0.6 is 11.3 Å². The summed E-state index contributed by atoms with van der Waals surface area (Å²) in [6.07, 6.45) is 1.04. The van der Waals surface area contributed by atoms with Crippen molar-refractivity contribution in [1.82, 2.24) is 9.88 Å². The fourth-order valence-electron chi connectivity index (χ4n) is 3.10. The third-order valence-corrected chi connectivity index (χ3v) is 5.12. The van der Waals surface area contributed by atoms with Crippen LogP contribution in [-0.2, 0) is 13.0 Å². The summed E-state index contributed by atoms with van der Waals surface area (Å²) in [4.78, 5) is 8.56. The molecule has 0 aliphatic carbocycles. The van der Waals surface area contributed by atoms with Gasteiger partial charge in [-0.15, -0.1) is 11.3 Å². The van der Waals surface area contributed by atoms with E-state index in [9.17, 15) is 0 Å². The van der Waals surface area contributed by atoms with Gasteiger partial charge in [0.15, 0.2) is 0 Å². The molecule has 1 aromatic heterocycles. The molecule has 1 aliphatic rings. The SMILES string of the molecule is Cc1nc(C(C)N2CCc3c(N)cccc3C2)c(C)s1. The second-order valence-electron chi connectivity index (χ2n) is 5.56. The molecule has 3 nitrogen and oxygen atoms in total. The topological polar surface area (TPSA) is 42.2 Å². The third-order valence-electron chi connectivity index (χ3n) is 4.21. The van der Waals surface area contributed by atoms with E-state index < -0.39 is 0 Å². The maximum atomic E-state index is 6.07. The minimum absolute atomic E-state index is 0.370. The van der Waals surface area contributed by atoms with Crippen LogP contribution in [0, 0.1) is 13.8 Å². The molecular weight excluding hydrogens is 266 g/mol. The first-order valence-corrected chi connectivity index (χ1v) is 7.92. The van der Waals surface area contributed by atoms with Crippen molar-refractivity contribution in [2.75, 3.05) is 12.3 Å². The summed E-state index contributed by atoms with van der Waals surface area (Å²) in [6, 6.07) is 6.63. The Kier molecular flexibility index (Phi) is 3.52. The number of fused-ring (bicyclic) bond motifs is 1. The fourth-order valence-corrected chi connectivity index (χ4v) is 4.00. The van der Waals surface area contributed by atoms with E-state index in [-0.39, 0.29) is 0 Å². The first kappa shape index (κ1) is 13.6. The Labute approximate surface area is 124 Å². The molecule has 1 aliphatic heterocycles. The number of aromatic nitrogens is 1. The average molecular weight is 287 g/mol. The van der Waals surface area contributed by atoms with E-state index in [1.165, 1.54) is 21.7 Å². The molecule has 0 saturated heterocycles. The quantitative estimate of drug-likeness (QED) is 0.860. The van der Waals surface area contributed by atoms with Gasteiger partial charge >= 0.3 is 0 Å². The number of benzene rings is 1. The van der Waals surface area contributed by atoms with Crippen molar-refractivity contribution in [2.24, 2.45) is 0 Å². The highest BCUT2D eigenvalue weighted by atomic mass is 32.1. The Bertz CT molecular complexity index is 633. The lowest BCUT2D eigenvalue weighted by molar-refractivity contribution is 0.189. The summed E-state index contributed by atoms with van der Waals surface area (Å²) in [6.45, 7) is 8.54. The molecule has 1 atom stereocenters. The molecule has 3 rings (SSSR count). The first-order valence-electron chi connectivity index (χ1n) is 7.10. The highest BCUT2D eigenvalue weighted by molar-refractivity contribution is 7.11. The Morgan fingerprint density at radius 3 is 2.85 bits per heavy atom. The molecule has 0 amide bonds. The van der Waals surface area contributed by atoms with Gasteiger partial charge in [0.1, 0.15) is 0 Å². The van der Waals surface area contributed by atoms with Crippen LogP contribution in [-0.4, -0.2) is 16.4 Å². The number of hydrogen-bond donors (Lipinski definition) is 1. The van der Waals surface area contributed by atoms with E-state index in [2.05, 4.69) is 37.8 Å². The summed E-state index contributed by atoms with van der Waals surface area (Å²) in [5.74, 6) is 0. The van der Waals surface area contributed by atoms with Crippen molar-refractivity contribution in [3.63, 3.8) is 0 Å². The van der Waals surface area contributed by atoms with Gasteiger partial charge in [0, 0.05) is 23.7 Å². The number of thiazole rings is 1. The van der Waals surface area contributed by atoms with Crippen LogP contribution in [0.4, 0.5) is 5.69 Å². The minimum atomic E-state index is 0.370. The Balaban J connectivity index is 1.85. The van der Waals surface area contributed by atoms with Crippen LogP contribution in [0.2, 0.25) is 0 Å². The Morgan fingerprint density at radius 2 is 2.15 bits per heavy atom. The van der Waals surface area contributed by atoms with Gasteiger partial charge in [-0.25, -0.2) is 4.98 Å². The van der Waals surface area contributed by atoms with Gasteiger partial charge < -0.3 is 5.73 Å². The lowest BCUT2D eigenvalue weighted by Crippen LogP contribution is -2.33. The van der Waals surface area contributed by atoms with Crippen molar-refractivity contribution in [3.8, 4) is 0 Å². The van der Waals surface area contributed by atoms with Gasteiger partial charge in [-0.1, -0.05) is 12.1 Å². The smallest absolute Gasteiger partial charge is 0.0900 e. The minimum Gasteiger partial charge on any atom is -0.398 e. The van der Waals surface area contributed by atoms with Crippen molar-refractivity contribution in [2.45, 2.75) is 39.8 Å². The highest BCUT2D eigenvalue weighted by Crippen LogP contribution is 2.32. The molecule has 106 valence electrons. The van der Waals surface area contributed by atoms with E-state index in [1.54, 1.807) is 11.3 Å². The number of nitrogens with two attached hydrogens (primary N) is 1. The monoisotopic (exact) mass is 287 g/mol. The van der Waals surface area contributed by atoms with Gasteiger partial charge in [-0.2, -0.15) is 0 Å². The average Bonchev–Trinajstić information content (AvgIpc) is 2.77. The van der Waals surface area contributed by atoms with Gasteiger partial charge in [0.05, 0.1) is 16.7 Å². The standard InChI is InChI=1S/C16H21N3S/c1-10(16-11(2)20-12(3)18-16)19-8-7-14-13(9-19)5-4-6-15(14)17/h4-6,10H,7-9,17H2,1-3H3. The molecule has 2 heterocycles. The molecule has 0 spiro atoms.